The van der Waals surface area contributed by atoms with Gasteiger partial charge in [-0.3, -0.25) is 9.59 Å². The number of aryl methyl sites for hydroxylation is 1. The lowest BCUT2D eigenvalue weighted by Gasteiger charge is -2.29. The third-order valence-corrected chi connectivity index (χ3v) is 3.68. The molecule has 1 aliphatic rings. The number of H-pyrrole nitrogens is 1. The lowest BCUT2D eigenvalue weighted by atomic mass is 10.0. The van der Waals surface area contributed by atoms with Gasteiger partial charge in [-0.05, 0) is 42.7 Å². The molecule has 0 saturated carbocycles. The molecule has 0 fully saturated rings. The highest BCUT2D eigenvalue weighted by Crippen LogP contribution is 2.31. The van der Waals surface area contributed by atoms with Gasteiger partial charge in [0.25, 0.3) is 5.91 Å². The normalized spacial score (nSPS) is 13.7. The number of anilines is 1. The summed E-state index contributed by atoms with van der Waals surface area (Å²) in [6.07, 6.45) is 3.31. The van der Waals surface area contributed by atoms with Crippen LogP contribution in [0.2, 0.25) is 0 Å². The van der Waals surface area contributed by atoms with Crippen LogP contribution in [0.1, 0.15) is 22.3 Å². The zero-order valence-corrected chi connectivity index (χ0v) is 11.8. The van der Waals surface area contributed by atoms with Gasteiger partial charge in [-0.2, -0.15) is 0 Å². The largest absolute Gasteiger partial charge is 0.497 e. The predicted octanol–water partition coefficient (Wildman–Crippen LogP) is 1.98. The average Bonchev–Trinajstić information content (AvgIpc) is 2.53. The van der Waals surface area contributed by atoms with Crippen LogP contribution < -0.4 is 15.2 Å². The number of aromatic amines is 1. The molecule has 0 bridgehead atoms. The number of amides is 1. The fourth-order valence-corrected chi connectivity index (χ4v) is 2.61. The van der Waals surface area contributed by atoms with Crippen LogP contribution in [0.3, 0.4) is 0 Å². The molecule has 1 aromatic carbocycles. The molecule has 0 aliphatic carbocycles. The van der Waals surface area contributed by atoms with E-state index in [1.807, 2.05) is 18.2 Å². The van der Waals surface area contributed by atoms with E-state index in [-0.39, 0.29) is 11.5 Å². The molecule has 5 nitrogen and oxygen atoms in total. The summed E-state index contributed by atoms with van der Waals surface area (Å²) in [4.78, 5) is 28.0. The summed E-state index contributed by atoms with van der Waals surface area (Å²) >= 11 is 0. The van der Waals surface area contributed by atoms with E-state index in [9.17, 15) is 9.59 Å². The van der Waals surface area contributed by atoms with E-state index in [4.69, 9.17) is 4.74 Å². The van der Waals surface area contributed by atoms with Crippen molar-refractivity contribution in [1.82, 2.24) is 4.98 Å². The molecule has 1 N–H and O–H groups in total. The van der Waals surface area contributed by atoms with Crippen LogP contribution in [-0.2, 0) is 6.42 Å². The van der Waals surface area contributed by atoms with Gasteiger partial charge in [-0.15, -0.1) is 0 Å². The van der Waals surface area contributed by atoms with Gasteiger partial charge in [0.05, 0.1) is 12.7 Å². The number of hydrogen-bond acceptors (Lipinski definition) is 3. The Morgan fingerprint density at radius 2 is 2.14 bits per heavy atom. The van der Waals surface area contributed by atoms with Crippen LogP contribution >= 0.6 is 0 Å². The third kappa shape index (κ3) is 2.54. The highest BCUT2D eigenvalue weighted by Gasteiger charge is 2.23. The van der Waals surface area contributed by atoms with Crippen molar-refractivity contribution >= 4 is 11.6 Å². The minimum Gasteiger partial charge on any atom is -0.497 e. The predicted molar refractivity (Wildman–Crippen MR) is 80.1 cm³/mol. The van der Waals surface area contributed by atoms with E-state index in [0.717, 1.165) is 29.8 Å². The number of benzene rings is 1. The maximum Gasteiger partial charge on any atom is 0.259 e. The Labute approximate surface area is 122 Å². The molecule has 108 valence electrons. The van der Waals surface area contributed by atoms with Gasteiger partial charge in [-0.1, -0.05) is 0 Å². The zero-order chi connectivity index (χ0) is 14.8. The van der Waals surface area contributed by atoms with Gasteiger partial charge in [0.15, 0.2) is 0 Å². The SMILES string of the molecule is COc1ccc2c(c1)CCCN2C(=O)c1ccc(=O)[nH]c1. The minimum absolute atomic E-state index is 0.0997. The molecule has 5 heteroatoms. The second-order valence-corrected chi connectivity index (χ2v) is 5.00. The molecule has 21 heavy (non-hydrogen) atoms. The number of fused-ring (bicyclic) bond motifs is 1. The van der Waals surface area contributed by atoms with Crippen LogP contribution in [0.25, 0.3) is 0 Å². The summed E-state index contributed by atoms with van der Waals surface area (Å²) < 4.78 is 5.23. The molecule has 0 radical (unpaired) electrons. The molecule has 0 unspecified atom stereocenters. The highest BCUT2D eigenvalue weighted by molar-refractivity contribution is 6.06. The number of ether oxygens (including phenoxy) is 1. The Morgan fingerprint density at radius 1 is 1.29 bits per heavy atom. The number of pyridine rings is 1. The monoisotopic (exact) mass is 284 g/mol. The van der Waals surface area contributed by atoms with Crippen molar-refractivity contribution in [1.29, 1.82) is 0 Å². The van der Waals surface area contributed by atoms with Crippen molar-refractivity contribution in [2.45, 2.75) is 12.8 Å². The molecular formula is C16H16N2O3. The zero-order valence-electron chi connectivity index (χ0n) is 11.8. The first-order valence-corrected chi connectivity index (χ1v) is 6.86. The van der Waals surface area contributed by atoms with Gasteiger partial charge in [0, 0.05) is 24.5 Å². The topological polar surface area (TPSA) is 62.4 Å². The summed E-state index contributed by atoms with van der Waals surface area (Å²) in [7, 11) is 1.63. The van der Waals surface area contributed by atoms with E-state index in [1.165, 1.54) is 12.3 Å². The van der Waals surface area contributed by atoms with Crippen molar-refractivity contribution in [2.24, 2.45) is 0 Å². The van der Waals surface area contributed by atoms with Gasteiger partial charge in [0.2, 0.25) is 5.56 Å². The smallest absolute Gasteiger partial charge is 0.259 e. The summed E-state index contributed by atoms with van der Waals surface area (Å²) in [6.45, 7) is 0.678. The van der Waals surface area contributed by atoms with E-state index in [1.54, 1.807) is 18.1 Å². The molecule has 1 amide bonds. The number of nitrogens with zero attached hydrogens (tertiary/aromatic N) is 1. The Hall–Kier alpha value is -2.56. The minimum atomic E-state index is -0.213. The van der Waals surface area contributed by atoms with E-state index >= 15 is 0 Å². The molecule has 1 aliphatic heterocycles. The number of aromatic nitrogens is 1. The number of methoxy groups -OCH3 is 1. The molecule has 2 aromatic rings. The van der Waals surface area contributed by atoms with Crippen molar-refractivity contribution in [3.63, 3.8) is 0 Å². The van der Waals surface area contributed by atoms with Crippen molar-refractivity contribution in [3.8, 4) is 5.75 Å². The lowest BCUT2D eigenvalue weighted by Crippen LogP contribution is -2.35. The number of hydrogen-bond donors (Lipinski definition) is 1. The van der Waals surface area contributed by atoms with Crippen molar-refractivity contribution < 1.29 is 9.53 Å². The third-order valence-electron chi connectivity index (χ3n) is 3.68. The number of nitrogens with one attached hydrogen (secondary N) is 1. The first-order chi connectivity index (χ1) is 10.2. The van der Waals surface area contributed by atoms with E-state index < -0.39 is 0 Å². The van der Waals surface area contributed by atoms with Gasteiger partial charge in [-0.25, -0.2) is 0 Å². The summed E-state index contributed by atoms with van der Waals surface area (Å²) in [5, 5.41) is 0. The van der Waals surface area contributed by atoms with Crippen LogP contribution in [0, 0.1) is 0 Å². The first-order valence-electron chi connectivity index (χ1n) is 6.86. The van der Waals surface area contributed by atoms with Gasteiger partial charge < -0.3 is 14.6 Å². The molecule has 0 spiro atoms. The highest BCUT2D eigenvalue weighted by atomic mass is 16.5. The fraction of sp³-hybridized carbons (Fsp3) is 0.250. The fourth-order valence-electron chi connectivity index (χ4n) is 2.61. The second kappa shape index (κ2) is 5.44. The standard InChI is InChI=1S/C16H16N2O3/c1-21-13-5-6-14-11(9-13)3-2-8-18(14)16(20)12-4-7-15(19)17-10-12/h4-7,9-10H,2-3,8H2,1H3,(H,17,19). The molecule has 3 rings (SSSR count). The van der Waals surface area contributed by atoms with E-state index in [2.05, 4.69) is 4.98 Å². The Kier molecular flexibility index (Phi) is 3.48. The number of carbonyl (C=O) groups excluding carboxylic acids is 1. The van der Waals surface area contributed by atoms with Crippen LogP contribution in [0.4, 0.5) is 5.69 Å². The summed E-state index contributed by atoms with van der Waals surface area (Å²) in [5.74, 6) is 0.699. The molecule has 0 saturated heterocycles. The number of carbonyl (C=O) groups is 1. The van der Waals surface area contributed by atoms with Crippen LogP contribution in [-0.4, -0.2) is 24.5 Å². The molecule has 2 heterocycles. The number of rotatable bonds is 2. The maximum absolute atomic E-state index is 12.6. The van der Waals surface area contributed by atoms with Crippen LogP contribution in [0.5, 0.6) is 5.75 Å². The van der Waals surface area contributed by atoms with Crippen molar-refractivity contribution in [3.05, 3.63) is 58.0 Å². The molecule has 1 aromatic heterocycles. The average molecular weight is 284 g/mol. The Balaban J connectivity index is 1.96. The molecular weight excluding hydrogens is 268 g/mol. The Morgan fingerprint density at radius 3 is 2.86 bits per heavy atom. The van der Waals surface area contributed by atoms with E-state index in [0.29, 0.717) is 12.1 Å². The van der Waals surface area contributed by atoms with Gasteiger partial charge in [0.1, 0.15) is 5.75 Å². The second-order valence-electron chi connectivity index (χ2n) is 5.00. The maximum atomic E-state index is 12.6. The quantitative estimate of drug-likeness (QED) is 0.917. The summed E-state index contributed by atoms with van der Waals surface area (Å²) in [6, 6.07) is 8.67. The van der Waals surface area contributed by atoms with Crippen LogP contribution in [0.15, 0.2) is 41.3 Å². The van der Waals surface area contributed by atoms with Crippen molar-refractivity contribution in [2.75, 3.05) is 18.6 Å². The van der Waals surface area contributed by atoms with Gasteiger partial charge >= 0.3 is 0 Å². The Bertz CT molecular complexity index is 716. The lowest BCUT2D eigenvalue weighted by molar-refractivity contribution is 0.0984. The molecule has 0 atom stereocenters. The summed E-state index contributed by atoms with van der Waals surface area (Å²) in [5.41, 5.74) is 2.30. The first kappa shape index (κ1) is 13.4.